The van der Waals surface area contributed by atoms with E-state index in [9.17, 15) is 4.79 Å². The van der Waals surface area contributed by atoms with Crippen molar-refractivity contribution < 1.29 is 14.3 Å². The Morgan fingerprint density at radius 2 is 1.79 bits per heavy atom. The van der Waals surface area contributed by atoms with Gasteiger partial charge in [-0.3, -0.25) is 4.79 Å². The van der Waals surface area contributed by atoms with Crippen LogP contribution in [0.3, 0.4) is 0 Å². The van der Waals surface area contributed by atoms with Gasteiger partial charge in [0.15, 0.2) is 0 Å². The molecule has 4 rings (SSSR count). The molecular weight excluding hydrogens is 352 g/mol. The van der Waals surface area contributed by atoms with Gasteiger partial charge >= 0.3 is 0 Å². The lowest BCUT2D eigenvalue weighted by molar-refractivity contribution is -0.129. The summed E-state index contributed by atoms with van der Waals surface area (Å²) < 4.78 is 11.7. The van der Waals surface area contributed by atoms with Crippen LogP contribution in [0.4, 0.5) is 5.69 Å². The lowest BCUT2D eigenvalue weighted by Crippen LogP contribution is -2.33. The number of rotatable bonds is 5. The summed E-state index contributed by atoms with van der Waals surface area (Å²) in [4.78, 5) is 17.2. The molecule has 142 valence electrons. The number of aromatic nitrogens is 1. The van der Waals surface area contributed by atoms with E-state index < -0.39 is 0 Å². The van der Waals surface area contributed by atoms with Crippen molar-refractivity contribution in [3.8, 4) is 11.6 Å². The molecule has 5 heteroatoms. The topological polar surface area (TPSA) is 60.5 Å². The number of carbonyl (C=O) groups excluding carboxylic acids is 1. The number of carbonyl (C=O) groups is 1. The van der Waals surface area contributed by atoms with Gasteiger partial charge in [0.1, 0.15) is 5.75 Å². The zero-order valence-electron chi connectivity index (χ0n) is 15.5. The van der Waals surface area contributed by atoms with Crippen LogP contribution in [0.15, 0.2) is 79.0 Å². The van der Waals surface area contributed by atoms with Crippen LogP contribution in [-0.4, -0.2) is 17.5 Å². The number of pyridine rings is 1. The Morgan fingerprint density at radius 1 is 1.04 bits per heavy atom. The van der Waals surface area contributed by atoms with Crippen molar-refractivity contribution in [2.45, 2.75) is 18.9 Å². The average Bonchev–Trinajstić information content (AvgIpc) is 2.75. The molecule has 0 bridgehead atoms. The Bertz CT molecular complexity index is 915. The van der Waals surface area contributed by atoms with Gasteiger partial charge < -0.3 is 14.8 Å². The van der Waals surface area contributed by atoms with E-state index in [1.54, 1.807) is 18.3 Å². The number of nitrogens with one attached hydrogen (secondary N) is 1. The van der Waals surface area contributed by atoms with Crippen molar-refractivity contribution >= 4 is 11.6 Å². The fourth-order valence-electron chi connectivity index (χ4n) is 3.41. The number of benzene rings is 2. The summed E-state index contributed by atoms with van der Waals surface area (Å²) in [6, 6.07) is 22.8. The largest absolute Gasteiger partial charge is 0.439 e. The highest BCUT2D eigenvalue weighted by atomic mass is 16.5. The predicted molar refractivity (Wildman–Crippen MR) is 107 cm³/mol. The van der Waals surface area contributed by atoms with E-state index in [0.717, 1.165) is 18.4 Å². The molecule has 0 radical (unpaired) electrons. The minimum Gasteiger partial charge on any atom is -0.439 e. The van der Waals surface area contributed by atoms with Gasteiger partial charge in [-0.25, -0.2) is 4.98 Å². The van der Waals surface area contributed by atoms with Crippen molar-refractivity contribution in [3.05, 3.63) is 84.6 Å². The van der Waals surface area contributed by atoms with Crippen LogP contribution >= 0.6 is 0 Å². The molecule has 1 aliphatic rings. The summed E-state index contributed by atoms with van der Waals surface area (Å²) in [5.74, 6) is 0.847. The molecule has 0 unspecified atom stereocenters. The normalized spacial score (nSPS) is 19.0. The summed E-state index contributed by atoms with van der Waals surface area (Å²) in [6.07, 6.45) is 3.07. The molecular formula is C23H22N2O3. The van der Waals surface area contributed by atoms with Crippen LogP contribution in [0.5, 0.6) is 11.6 Å². The molecule has 1 aliphatic heterocycles. The molecule has 1 saturated heterocycles. The first-order chi connectivity index (χ1) is 13.8. The summed E-state index contributed by atoms with van der Waals surface area (Å²) in [5.41, 5.74) is 1.69. The molecule has 1 amide bonds. The number of para-hydroxylation sites is 1. The molecule has 1 fully saturated rings. The Morgan fingerprint density at radius 3 is 2.57 bits per heavy atom. The van der Waals surface area contributed by atoms with Gasteiger partial charge in [-0.2, -0.15) is 0 Å². The van der Waals surface area contributed by atoms with Crippen LogP contribution in [0, 0.1) is 5.92 Å². The second kappa shape index (κ2) is 8.67. The summed E-state index contributed by atoms with van der Waals surface area (Å²) in [7, 11) is 0. The number of hydrogen-bond acceptors (Lipinski definition) is 4. The first-order valence-electron chi connectivity index (χ1n) is 9.46. The molecule has 0 saturated carbocycles. The second-order valence-electron chi connectivity index (χ2n) is 6.74. The minimum atomic E-state index is -0.234. The number of anilines is 1. The molecule has 1 aromatic heterocycles. The van der Waals surface area contributed by atoms with Crippen molar-refractivity contribution in [2.24, 2.45) is 5.92 Å². The second-order valence-corrected chi connectivity index (χ2v) is 6.74. The molecule has 3 aromatic rings. The van der Waals surface area contributed by atoms with Crippen LogP contribution in [-0.2, 0) is 9.53 Å². The predicted octanol–water partition coefficient (Wildman–Crippen LogP) is 4.98. The Balaban J connectivity index is 1.47. The maximum Gasteiger partial charge on any atom is 0.230 e. The maximum absolute atomic E-state index is 13.0. The molecule has 5 nitrogen and oxygen atoms in total. The van der Waals surface area contributed by atoms with Crippen LogP contribution in [0.25, 0.3) is 0 Å². The van der Waals surface area contributed by atoms with Gasteiger partial charge in [0.05, 0.1) is 12.0 Å². The standard InChI is InChI=1S/C23H22N2O3/c26-23(20-12-7-15-27-22(20)17-8-3-1-4-9-17)25-18-13-14-24-21(16-18)28-19-10-5-2-6-11-19/h1-6,8-11,13-14,16,20,22H,7,12,15H2,(H,24,25,26)/t20-,22-/m0/s1. The van der Waals surface area contributed by atoms with Crippen molar-refractivity contribution in [1.29, 1.82) is 0 Å². The molecule has 28 heavy (non-hydrogen) atoms. The molecule has 2 aromatic carbocycles. The third-order valence-electron chi connectivity index (χ3n) is 4.76. The molecule has 1 N–H and O–H groups in total. The van der Waals surface area contributed by atoms with Gasteiger partial charge in [-0.15, -0.1) is 0 Å². The van der Waals surface area contributed by atoms with Gasteiger partial charge in [-0.05, 0) is 36.6 Å². The number of hydrogen-bond donors (Lipinski definition) is 1. The Hall–Kier alpha value is -3.18. The van der Waals surface area contributed by atoms with E-state index >= 15 is 0 Å². The Kier molecular flexibility index (Phi) is 5.64. The quantitative estimate of drug-likeness (QED) is 0.684. The van der Waals surface area contributed by atoms with E-state index in [1.165, 1.54) is 0 Å². The van der Waals surface area contributed by atoms with Crippen LogP contribution < -0.4 is 10.1 Å². The Labute approximate surface area is 164 Å². The SMILES string of the molecule is O=C(Nc1ccnc(Oc2ccccc2)c1)[C@H]1CCCO[C@H]1c1ccccc1. The number of nitrogens with zero attached hydrogens (tertiary/aromatic N) is 1. The van der Waals surface area contributed by atoms with E-state index in [4.69, 9.17) is 9.47 Å². The molecule has 0 spiro atoms. The monoisotopic (exact) mass is 374 g/mol. The van der Waals surface area contributed by atoms with Crippen molar-refractivity contribution in [3.63, 3.8) is 0 Å². The van der Waals surface area contributed by atoms with E-state index in [0.29, 0.717) is 23.9 Å². The minimum absolute atomic E-state index is 0.0505. The maximum atomic E-state index is 13.0. The average molecular weight is 374 g/mol. The van der Waals surface area contributed by atoms with E-state index in [2.05, 4.69) is 10.3 Å². The van der Waals surface area contributed by atoms with Gasteiger partial charge in [0.25, 0.3) is 0 Å². The summed E-state index contributed by atoms with van der Waals surface area (Å²) in [6.45, 7) is 0.674. The molecule has 2 atom stereocenters. The van der Waals surface area contributed by atoms with E-state index in [1.807, 2.05) is 60.7 Å². The van der Waals surface area contributed by atoms with Gasteiger partial charge in [0.2, 0.25) is 11.8 Å². The zero-order chi connectivity index (χ0) is 19.2. The summed E-state index contributed by atoms with van der Waals surface area (Å²) in [5, 5.41) is 3.00. The van der Waals surface area contributed by atoms with E-state index in [-0.39, 0.29) is 17.9 Å². The van der Waals surface area contributed by atoms with Crippen LogP contribution in [0.1, 0.15) is 24.5 Å². The smallest absolute Gasteiger partial charge is 0.230 e. The third kappa shape index (κ3) is 4.38. The molecule has 0 aliphatic carbocycles. The number of ether oxygens (including phenoxy) is 2. The fraction of sp³-hybridized carbons (Fsp3) is 0.217. The highest BCUT2D eigenvalue weighted by molar-refractivity contribution is 5.93. The first kappa shape index (κ1) is 18.2. The lowest BCUT2D eigenvalue weighted by atomic mass is 9.88. The zero-order valence-corrected chi connectivity index (χ0v) is 15.5. The lowest BCUT2D eigenvalue weighted by Gasteiger charge is -2.31. The summed E-state index contributed by atoms with van der Waals surface area (Å²) >= 11 is 0. The van der Waals surface area contributed by atoms with Crippen LogP contribution in [0.2, 0.25) is 0 Å². The third-order valence-corrected chi connectivity index (χ3v) is 4.76. The number of amides is 1. The van der Waals surface area contributed by atoms with Crippen molar-refractivity contribution in [1.82, 2.24) is 4.98 Å². The highest BCUT2D eigenvalue weighted by Gasteiger charge is 2.33. The highest BCUT2D eigenvalue weighted by Crippen LogP contribution is 2.34. The van der Waals surface area contributed by atoms with Crippen molar-refractivity contribution in [2.75, 3.05) is 11.9 Å². The fourth-order valence-corrected chi connectivity index (χ4v) is 3.41. The van der Waals surface area contributed by atoms with Gasteiger partial charge in [0, 0.05) is 24.6 Å². The molecule has 2 heterocycles. The van der Waals surface area contributed by atoms with Gasteiger partial charge in [-0.1, -0.05) is 48.5 Å². The first-order valence-corrected chi connectivity index (χ1v) is 9.46.